The van der Waals surface area contributed by atoms with Gasteiger partial charge in [0, 0.05) is 31.4 Å². The number of nitrogens with zero attached hydrogens (tertiary/aromatic N) is 1. The van der Waals surface area contributed by atoms with Crippen LogP contribution in [-0.2, 0) is 42.7 Å². The fraction of sp³-hybridized carbons (Fsp3) is 0.919. The number of likely N-dealkylation sites (N-methyl/N-ethyl adjacent to an activating group) is 1. The Kier molecular flexibility index (Phi) is 11.1. The van der Waals surface area contributed by atoms with Crippen molar-refractivity contribution < 1.29 is 52.9 Å². The van der Waals surface area contributed by atoms with Crippen LogP contribution in [-0.4, -0.2) is 126 Å². The minimum Gasteiger partial charge on any atom is -0.459 e. The van der Waals surface area contributed by atoms with Crippen LogP contribution in [0.15, 0.2) is 11.6 Å². The van der Waals surface area contributed by atoms with Crippen LogP contribution < -0.4 is 0 Å². The van der Waals surface area contributed by atoms with Crippen LogP contribution >= 0.6 is 0 Å². The molecule has 2 unspecified atom stereocenters. The molecule has 12 nitrogen and oxygen atoms in total. The summed E-state index contributed by atoms with van der Waals surface area (Å²) in [5, 5.41) is 22.5. The third-order valence-electron chi connectivity index (χ3n) is 12.2. The van der Waals surface area contributed by atoms with Crippen LogP contribution in [0, 0.1) is 17.8 Å². The molecule has 0 aromatic carbocycles. The molecule has 282 valence electrons. The molecule has 5 heterocycles. The Morgan fingerprint density at radius 3 is 2.29 bits per heavy atom. The number of fused-ring (bicyclic) bond motifs is 2. The first-order valence-corrected chi connectivity index (χ1v) is 18.2. The summed E-state index contributed by atoms with van der Waals surface area (Å²) in [5.41, 5.74) is -1.90. The number of carbonyl (C=O) groups excluding carboxylic acids is 1. The molecule has 0 amide bonds. The molecule has 3 bridgehead atoms. The summed E-state index contributed by atoms with van der Waals surface area (Å²) in [5.74, 6) is -2.88. The topological polar surface area (TPSA) is 135 Å². The summed E-state index contributed by atoms with van der Waals surface area (Å²) in [6, 6.07) is -0.191. The molecule has 0 aliphatic carbocycles. The maximum Gasteiger partial charge on any atom is 0.311 e. The molecule has 4 fully saturated rings. The third-order valence-corrected chi connectivity index (χ3v) is 12.2. The lowest BCUT2D eigenvalue weighted by molar-refractivity contribution is -0.337. The fourth-order valence-electron chi connectivity index (χ4n) is 9.37. The molecule has 12 heteroatoms. The van der Waals surface area contributed by atoms with E-state index in [1.807, 2.05) is 73.5 Å². The van der Waals surface area contributed by atoms with Crippen molar-refractivity contribution in [2.45, 2.75) is 179 Å². The van der Waals surface area contributed by atoms with Crippen molar-refractivity contribution in [1.29, 1.82) is 0 Å². The quantitative estimate of drug-likeness (QED) is 0.295. The van der Waals surface area contributed by atoms with Gasteiger partial charge in [-0.3, -0.25) is 4.79 Å². The highest BCUT2D eigenvalue weighted by molar-refractivity contribution is 5.73. The standard InChI is InChI=1S/C37H63NO11/c1-14-26-34(8)16-19(2)37(48-34)20(3)17-36(10,49-37)31(47-33-28(39)25(38(11)12)15-21(4)43-33)22(5)29(23(6)32(41)45-26)46-27-18-35(9,42-13)30(40)24(7)44-27/h16,20-31,33,39-40H,14-15,17-18H2,1-13H3/t20-,21-,22+,23-,24+,25+,26-,27?,28-,29+,30+,31-,33?,34+,35-,36+,37-/m1/s1. The highest BCUT2D eigenvalue weighted by atomic mass is 16.8. The van der Waals surface area contributed by atoms with Gasteiger partial charge in [-0.15, -0.1) is 0 Å². The van der Waals surface area contributed by atoms with E-state index in [1.165, 1.54) is 0 Å². The van der Waals surface area contributed by atoms with E-state index in [-0.39, 0.29) is 24.5 Å². The molecule has 5 rings (SSSR count). The van der Waals surface area contributed by atoms with E-state index in [9.17, 15) is 15.0 Å². The van der Waals surface area contributed by atoms with Crippen LogP contribution in [0.2, 0.25) is 0 Å². The Hall–Kier alpha value is -1.19. The van der Waals surface area contributed by atoms with Crippen LogP contribution in [0.3, 0.4) is 0 Å². The number of hydrogen-bond acceptors (Lipinski definition) is 12. The highest BCUT2D eigenvalue weighted by Crippen LogP contribution is 2.56. The number of ether oxygens (including phenoxy) is 8. The Labute approximate surface area is 293 Å². The smallest absolute Gasteiger partial charge is 0.311 e. The number of cyclic esters (lactones) is 1. The SMILES string of the molecule is CC[C@H]1OC(=O)[C@H](C)[C@@H](OC2C[C@@](C)(OC)[C@@H](O)[C@H](C)O2)[C@H](C)[C@@H](OC2O[C@H](C)C[C@H](N(C)C)[C@H]2O)[C@]2(C)C[C@@H](C)[C@]3(O[C@@]1(C)C=C3C)O2. The largest absolute Gasteiger partial charge is 0.459 e. The first-order valence-electron chi connectivity index (χ1n) is 18.2. The molecule has 1 spiro atoms. The summed E-state index contributed by atoms with van der Waals surface area (Å²) in [4.78, 5) is 16.2. The Bertz CT molecular complexity index is 1230. The summed E-state index contributed by atoms with van der Waals surface area (Å²) in [6.45, 7) is 19.4. The average Bonchev–Trinajstić information content (AvgIpc) is 3.45. The Balaban J connectivity index is 1.60. The van der Waals surface area contributed by atoms with Gasteiger partial charge in [0.1, 0.15) is 23.9 Å². The first-order chi connectivity index (χ1) is 22.7. The highest BCUT2D eigenvalue weighted by Gasteiger charge is 2.65. The maximum absolute atomic E-state index is 14.2. The maximum atomic E-state index is 14.2. The van der Waals surface area contributed by atoms with Crippen LogP contribution in [0.25, 0.3) is 0 Å². The number of aliphatic hydroxyl groups excluding tert-OH is 2. The lowest BCUT2D eigenvalue weighted by Gasteiger charge is -2.49. The number of aliphatic hydroxyl groups is 2. The molecular weight excluding hydrogens is 634 g/mol. The van der Waals surface area contributed by atoms with Gasteiger partial charge in [0.25, 0.3) is 0 Å². The van der Waals surface area contributed by atoms with Gasteiger partial charge in [-0.05, 0) is 93.5 Å². The molecule has 49 heavy (non-hydrogen) atoms. The molecule has 5 aliphatic heterocycles. The predicted molar refractivity (Wildman–Crippen MR) is 180 cm³/mol. The van der Waals surface area contributed by atoms with E-state index in [0.29, 0.717) is 19.3 Å². The molecule has 0 aromatic rings. The molecule has 0 aromatic heterocycles. The zero-order valence-electron chi connectivity index (χ0n) is 31.9. The molecule has 5 aliphatic rings. The lowest BCUT2D eigenvalue weighted by atomic mass is 9.78. The average molecular weight is 698 g/mol. The summed E-state index contributed by atoms with van der Waals surface area (Å²) in [7, 11) is 5.44. The van der Waals surface area contributed by atoms with Gasteiger partial charge in [-0.1, -0.05) is 20.8 Å². The zero-order valence-corrected chi connectivity index (χ0v) is 31.9. The van der Waals surface area contributed by atoms with Crippen molar-refractivity contribution in [3.05, 3.63) is 11.6 Å². The van der Waals surface area contributed by atoms with Crippen molar-refractivity contribution in [1.82, 2.24) is 4.90 Å². The number of rotatable bonds is 7. The van der Waals surface area contributed by atoms with Gasteiger partial charge in [0.2, 0.25) is 0 Å². The Morgan fingerprint density at radius 1 is 1.00 bits per heavy atom. The molecular formula is C37H63NO11. The van der Waals surface area contributed by atoms with Crippen molar-refractivity contribution in [2.75, 3.05) is 21.2 Å². The van der Waals surface area contributed by atoms with Crippen LogP contribution in [0.5, 0.6) is 0 Å². The van der Waals surface area contributed by atoms with Crippen molar-refractivity contribution >= 4 is 5.97 Å². The van der Waals surface area contributed by atoms with Crippen molar-refractivity contribution in [3.8, 4) is 0 Å². The monoisotopic (exact) mass is 697 g/mol. The van der Waals surface area contributed by atoms with E-state index in [1.54, 1.807) is 21.0 Å². The molecule has 0 saturated carbocycles. The van der Waals surface area contributed by atoms with E-state index in [4.69, 9.17) is 37.9 Å². The van der Waals surface area contributed by atoms with Gasteiger partial charge < -0.3 is 53.0 Å². The molecule has 2 N–H and O–H groups in total. The van der Waals surface area contributed by atoms with Crippen LogP contribution in [0.1, 0.15) is 94.9 Å². The van der Waals surface area contributed by atoms with E-state index in [0.717, 1.165) is 5.57 Å². The number of methoxy groups -OCH3 is 1. The van der Waals surface area contributed by atoms with Gasteiger partial charge in [-0.25, -0.2) is 0 Å². The van der Waals surface area contributed by atoms with Crippen LogP contribution in [0.4, 0.5) is 0 Å². The third kappa shape index (κ3) is 6.89. The fourth-order valence-corrected chi connectivity index (χ4v) is 9.37. The minimum absolute atomic E-state index is 0.0864. The summed E-state index contributed by atoms with van der Waals surface area (Å²) in [6.07, 6.45) is -2.44. The van der Waals surface area contributed by atoms with Gasteiger partial charge in [0.05, 0.1) is 41.5 Å². The minimum atomic E-state index is -1.07. The predicted octanol–water partition coefficient (Wildman–Crippen LogP) is 3.94. The summed E-state index contributed by atoms with van der Waals surface area (Å²) < 4.78 is 52.5. The number of hydrogen-bond donors (Lipinski definition) is 2. The second-order valence-corrected chi connectivity index (χ2v) is 16.4. The van der Waals surface area contributed by atoms with Gasteiger partial charge >= 0.3 is 5.97 Å². The second-order valence-electron chi connectivity index (χ2n) is 16.4. The van der Waals surface area contributed by atoms with E-state index in [2.05, 4.69) is 6.92 Å². The second kappa shape index (κ2) is 14.0. The van der Waals surface area contributed by atoms with E-state index < -0.39 is 89.6 Å². The van der Waals surface area contributed by atoms with Crippen molar-refractivity contribution in [3.63, 3.8) is 0 Å². The number of carbonyl (C=O) groups is 1. The van der Waals surface area contributed by atoms with Gasteiger partial charge in [-0.2, -0.15) is 0 Å². The van der Waals surface area contributed by atoms with Gasteiger partial charge in [0.15, 0.2) is 18.4 Å². The molecule has 17 atom stereocenters. The van der Waals surface area contributed by atoms with E-state index >= 15 is 0 Å². The molecule has 0 radical (unpaired) electrons. The zero-order chi connectivity index (χ0) is 36.4. The molecule has 4 saturated heterocycles. The first kappa shape index (κ1) is 39.0. The summed E-state index contributed by atoms with van der Waals surface area (Å²) >= 11 is 0. The Morgan fingerprint density at radius 2 is 1.67 bits per heavy atom. The van der Waals surface area contributed by atoms with Crippen molar-refractivity contribution in [2.24, 2.45) is 17.8 Å². The lowest BCUT2D eigenvalue weighted by Crippen LogP contribution is -2.61. The number of esters is 1. The normalized spacial score (nSPS) is 52.4.